The highest BCUT2D eigenvalue weighted by atomic mass is 16.4. The summed E-state index contributed by atoms with van der Waals surface area (Å²) in [6.45, 7) is 3.18. The molecule has 0 bridgehead atoms. The molecule has 0 rings (SSSR count). The zero-order valence-electron chi connectivity index (χ0n) is 8.76. The van der Waals surface area contributed by atoms with Gasteiger partial charge in [-0.05, 0) is 17.9 Å². The zero-order chi connectivity index (χ0) is 12.9. The molecule has 0 heterocycles. The molecule has 0 saturated heterocycles. The Bertz CT molecular complexity index is 375. The first kappa shape index (κ1) is 13.9. The third-order valence-corrected chi connectivity index (χ3v) is 1.65. The summed E-state index contributed by atoms with van der Waals surface area (Å²) in [5, 5.41) is 27.8. The minimum Gasteiger partial charge on any atom is -0.867 e. The Labute approximate surface area is 91.5 Å². The van der Waals surface area contributed by atoms with Crippen LogP contribution in [0.2, 0.25) is 0 Å². The number of carbonyl (C=O) groups is 3. The van der Waals surface area contributed by atoms with Crippen LogP contribution in [0.5, 0.6) is 0 Å². The highest BCUT2D eigenvalue weighted by Crippen LogP contribution is 2.04. The standard InChI is InChI=1S/C10H12O6/c1-5(2)7(11)4-3-6(9(13)14)8(12)10(15)16/h3-5,12H,1-2H3,(H,13,14)(H,15,16)/p-1/b4-3+,8-6+. The van der Waals surface area contributed by atoms with Gasteiger partial charge >= 0.3 is 11.9 Å². The van der Waals surface area contributed by atoms with Gasteiger partial charge in [-0.1, -0.05) is 13.8 Å². The van der Waals surface area contributed by atoms with E-state index in [1.54, 1.807) is 13.8 Å². The van der Waals surface area contributed by atoms with Gasteiger partial charge in [-0.3, -0.25) is 4.79 Å². The number of hydrogen-bond donors (Lipinski definition) is 2. The Morgan fingerprint density at radius 2 is 1.56 bits per heavy atom. The van der Waals surface area contributed by atoms with E-state index < -0.39 is 29.1 Å². The molecule has 0 unspecified atom stereocenters. The van der Waals surface area contributed by atoms with Gasteiger partial charge in [-0.2, -0.15) is 0 Å². The monoisotopic (exact) mass is 227 g/mol. The third-order valence-electron chi connectivity index (χ3n) is 1.65. The predicted molar refractivity (Wildman–Crippen MR) is 51.3 cm³/mol. The smallest absolute Gasteiger partial charge is 0.335 e. The largest absolute Gasteiger partial charge is 0.867 e. The number of ketones is 1. The molecular weight excluding hydrogens is 216 g/mol. The number of carbonyl (C=O) groups excluding carboxylic acids is 1. The van der Waals surface area contributed by atoms with Crippen LogP contribution in [0.4, 0.5) is 0 Å². The molecule has 0 aromatic rings. The topological polar surface area (TPSA) is 115 Å². The van der Waals surface area contributed by atoms with Crippen molar-refractivity contribution in [2.45, 2.75) is 13.8 Å². The van der Waals surface area contributed by atoms with Crippen LogP contribution >= 0.6 is 0 Å². The first-order valence-corrected chi connectivity index (χ1v) is 4.37. The Morgan fingerprint density at radius 3 is 1.88 bits per heavy atom. The van der Waals surface area contributed by atoms with Crippen molar-refractivity contribution in [3.05, 3.63) is 23.5 Å². The van der Waals surface area contributed by atoms with Gasteiger partial charge < -0.3 is 15.3 Å². The van der Waals surface area contributed by atoms with Gasteiger partial charge in [0.1, 0.15) is 0 Å². The number of hydrogen-bond acceptors (Lipinski definition) is 4. The van der Waals surface area contributed by atoms with E-state index in [2.05, 4.69) is 0 Å². The summed E-state index contributed by atoms with van der Waals surface area (Å²) >= 11 is 0. The molecule has 0 saturated carbocycles. The van der Waals surface area contributed by atoms with Gasteiger partial charge in [0.25, 0.3) is 0 Å². The van der Waals surface area contributed by atoms with Crippen LogP contribution in [0, 0.1) is 5.92 Å². The maximum Gasteiger partial charge on any atom is 0.335 e. The Kier molecular flexibility index (Phi) is 4.94. The molecule has 88 valence electrons. The van der Waals surface area contributed by atoms with E-state index in [0.29, 0.717) is 6.08 Å². The van der Waals surface area contributed by atoms with Crippen molar-refractivity contribution in [1.29, 1.82) is 0 Å². The van der Waals surface area contributed by atoms with E-state index in [-0.39, 0.29) is 5.92 Å². The highest BCUT2D eigenvalue weighted by molar-refractivity contribution is 6.01. The minimum absolute atomic E-state index is 0.355. The molecular formula is C10H11O6-. The van der Waals surface area contributed by atoms with E-state index in [9.17, 15) is 19.5 Å². The third kappa shape index (κ3) is 3.95. The zero-order valence-corrected chi connectivity index (χ0v) is 8.76. The van der Waals surface area contributed by atoms with Gasteiger partial charge in [0.05, 0.1) is 5.57 Å². The summed E-state index contributed by atoms with van der Waals surface area (Å²) in [5.41, 5.74) is -0.943. The van der Waals surface area contributed by atoms with Crippen LogP contribution in [0.25, 0.3) is 0 Å². The van der Waals surface area contributed by atoms with E-state index in [0.717, 1.165) is 6.08 Å². The molecule has 2 N–H and O–H groups in total. The van der Waals surface area contributed by atoms with Crippen molar-refractivity contribution in [3.63, 3.8) is 0 Å². The molecule has 6 nitrogen and oxygen atoms in total. The number of carboxylic acids is 2. The second kappa shape index (κ2) is 5.69. The summed E-state index contributed by atoms with van der Waals surface area (Å²) < 4.78 is 0. The minimum atomic E-state index is -1.88. The quantitative estimate of drug-likeness (QED) is 0.373. The van der Waals surface area contributed by atoms with Crippen molar-refractivity contribution in [2.24, 2.45) is 5.92 Å². The molecule has 0 aliphatic carbocycles. The van der Waals surface area contributed by atoms with E-state index in [4.69, 9.17) is 10.2 Å². The molecule has 0 fully saturated rings. The van der Waals surface area contributed by atoms with Gasteiger partial charge in [0.15, 0.2) is 5.78 Å². The highest BCUT2D eigenvalue weighted by Gasteiger charge is 2.10. The molecule has 0 aliphatic heterocycles. The van der Waals surface area contributed by atoms with Crippen molar-refractivity contribution in [2.75, 3.05) is 0 Å². The SMILES string of the molecule is CC(C)C(=O)/C=C/C(C(=O)O)=C(\[O-])C(=O)O. The molecule has 0 aromatic carbocycles. The molecule has 0 atom stereocenters. The first-order valence-electron chi connectivity index (χ1n) is 4.37. The molecule has 0 aromatic heterocycles. The fraction of sp³-hybridized carbons (Fsp3) is 0.300. The number of aliphatic carboxylic acids is 2. The van der Waals surface area contributed by atoms with Crippen molar-refractivity contribution < 1.29 is 29.7 Å². The lowest BCUT2D eigenvalue weighted by molar-refractivity contribution is -0.303. The molecule has 16 heavy (non-hydrogen) atoms. The number of rotatable bonds is 5. The molecule has 0 spiro atoms. The second-order valence-corrected chi connectivity index (χ2v) is 3.24. The summed E-state index contributed by atoms with van der Waals surface area (Å²) in [7, 11) is 0. The van der Waals surface area contributed by atoms with Crippen molar-refractivity contribution in [1.82, 2.24) is 0 Å². The lowest BCUT2D eigenvalue weighted by Gasteiger charge is -2.08. The second-order valence-electron chi connectivity index (χ2n) is 3.24. The summed E-state index contributed by atoms with van der Waals surface area (Å²) in [6.07, 6.45) is 1.59. The van der Waals surface area contributed by atoms with Gasteiger partial charge in [0, 0.05) is 5.92 Å². The summed E-state index contributed by atoms with van der Waals surface area (Å²) in [4.78, 5) is 31.9. The molecule has 0 aliphatic rings. The van der Waals surface area contributed by atoms with Crippen LogP contribution in [-0.2, 0) is 14.4 Å². The Balaban J connectivity index is 5.15. The maximum absolute atomic E-state index is 11.1. The maximum atomic E-state index is 11.1. The van der Waals surface area contributed by atoms with E-state index in [1.807, 2.05) is 0 Å². The molecule has 0 amide bonds. The van der Waals surface area contributed by atoms with Crippen LogP contribution in [0.1, 0.15) is 13.8 Å². The summed E-state index contributed by atoms with van der Waals surface area (Å²) in [6, 6.07) is 0. The van der Waals surface area contributed by atoms with Crippen LogP contribution < -0.4 is 5.11 Å². The lowest BCUT2D eigenvalue weighted by atomic mass is 10.1. The molecule has 0 radical (unpaired) electrons. The normalized spacial score (nSPS) is 12.7. The average molecular weight is 227 g/mol. The lowest BCUT2D eigenvalue weighted by Crippen LogP contribution is -2.20. The van der Waals surface area contributed by atoms with Crippen molar-refractivity contribution >= 4 is 17.7 Å². The van der Waals surface area contributed by atoms with Gasteiger partial charge in [-0.15, -0.1) is 0 Å². The predicted octanol–water partition coefficient (Wildman–Crippen LogP) is -0.449. The number of carboxylic acid groups (broad SMARTS) is 2. The Morgan fingerprint density at radius 1 is 1.06 bits per heavy atom. The average Bonchev–Trinajstić information content (AvgIpc) is 2.16. The van der Waals surface area contributed by atoms with Gasteiger partial charge in [0.2, 0.25) is 0 Å². The number of allylic oxidation sites excluding steroid dienone is 1. The first-order chi connectivity index (χ1) is 7.27. The van der Waals surface area contributed by atoms with Crippen LogP contribution in [0.15, 0.2) is 23.5 Å². The fourth-order valence-electron chi connectivity index (χ4n) is 0.717. The van der Waals surface area contributed by atoms with E-state index in [1.165, 1.54) is 0 Å². The fourth-order valence-corrected chi connectivity index (χ4v) is 0.717. The van der Waals surface area contributed by atoms with Gasteiger partial charge in [-0.25, -0.2) is 9.59 Å². The Hall–Kier alpha value is -2.11. The van der Waals surface area contributed by atoms with Crippen LogP contribution in [-0.4, -0.2) is 27.9 Å². The van der Waals surface area contributed by atoms with Crippen molar-refractivity contribution in [3.8, 4) is 0 Å². The van der Waals surface area contributed by atoms with Crippen LogP contribution in [0.3, 0.4) is 0 Å². The molecule has 6 heteroatoms. The summed E-state index contributed by atoms with van der Waals surface area (Å²) in [5.74, 6) is -5.86. The van der Waals surface area contributed by atoms with E-state index >= 15 is 0 Å².